The second-order valence-corrected chi connectivity index (χ2v) is 4.13. The molecule has 0 aromatic carbocycles. The van der Waals surface area contributed by atoms with Crippen LogP contribution in [0.4, 0.5) is 0 Å². The first-order valence-corrected chi connectivity index (χ1v) is 5.28. The van der Waals surface area contributed by atoms with Gasteiger partial charge in [0.05, 0.1) is 17.7 Å². The molecule has 16 heavy (non-hydrogen) atoms. The van der Waals surface area contributed by atoms with Crippen LogP contribution in [0.15, 0.2) is 24.4 Å². The number of nitrogens with zero attached hydrogens (tertiary/aromatic N) is 1. The number of carbonyl (C=O) groups is 1. The highest BCUT2D eigenvalue weighted by atomic mass is 16.4. The van der Waals surface area contributed by atoms with E-state index in [2.05, 4.69) is 15.6 Å². The van der Waals surface area contributed by atoms with Crippen molar-refractivity contribution in [1.82, 2.24) is 15.6 Å². The zero-order valence-electron chi connectivity index (χ0n) is 8.94. The number of nitrogens with one attached hydrogen (secondary N) is 2. The number of hydrogen-bond acceptors (Lipinski definition) is 4. The van der Waals surface area contributed by atoms with E-state index in [9.17, 15) is 4.79 Å². The van der Waals surface area contributed by atoms with Crippen LogP contribution in [0.1, 0.15) is 12.1 Å². The third-order valence-corrected chi connectivity index (χ3v) is 2.79. The summed E-state index contributed by atoms with van der Waals surface area (Å²) in [5.41, 5.74) is 0.628. The van der Waals surface area contributed by atoms with Gasteiger partial charge in [-0.3, -0.25) is 9.78 Å². The molecule has 5 heteroatoms. The maximum Gasteiger partial charge on any atom is 0.305 e. The lowest BCUT2D eigenvalue weighted by Gasteiger charge is -2.42. The Morgan fingerprint density at radius 2 is 2.38 bits per heavy atom. The third kappa shape index (κ3) is 2.56. The minimum atomic E-state index is -0.768. The molecule has 0 aliphatic carbocycles. The van der Waals surface area contributed by atoms with Gasteiger partial charge < -0.3 is 15.7 Å². The number of aliphatic carboxylic acids is 1. The van der Waals surface area contributed by atoms with Gasteiger partial charge in [0.2, 0.25) is 0 Å². The number of rotatable bonds is 5. The Labute approximate surface area is 93.9 Å². The maximum absolute atomic E-state index is 10.7. The smallest absolute Gasteiger partial charge is 0.305 e. The topological polar surface area (TPSA) is 74.2 Å². The fourth-order valence-corrected chi connectivity index (χ4v) is 1.81. The fourth-order valence-electron chi connectivity index (χ4n) is 1.81. The molecule has 0 unspecified atom stereocenters. The van der Waals surface area contributed by atoms with E-state index in [4.69, 9.17) is 5.11 Å². The molecule has 0 spiro atoms. The Bertz CT molecular complexity index is 363. The molecule has 3 N–H and O–H groups in total. The highest BCUT2D eigenvalue weighted by Crippen LogP contribution is 2.16. The Morgan fingerprint density at radius 1 is 1.56 bits per heavy atom. The summed E-state index contributed by atoms with van der Waals surface area (Å²) in [5.74, 6) is -0.768. The molecule has 86 valence electrons. The molecule has 0 amide bonds. The van der Waals surface area contributed by atoms with Gasteiger partial charge >= 0.3 is 5.97 Å². The number of pyridine rings is 1. The van der Waals surface area contributed by atoms with Crippen molar-refractivity contribution in [2.24, 2.45) is 0 Å². The van der Waals surface area contributed by atoms with Gasteiger partial charge in [-0.1, -0.05) is 6.07 Å². The van der Waals surface area contributed by atoms with Crippen molar-refractivity contribution < 1.29 is 9.90 Å². The standard InChI is InChI=1S/C11H15N3O2/c15-10(16)5-11(7-12-8-11)14-6-9-3-1-2-4-13-9/h1-4,12,14H,5-8H2,(H,15,16). The van der Waals surface area contributed by atoms with Crippen LogP contribution in [0.5, 0.6) is 0 Å². The molecule has 1 saturated heterocycles. The molecule has 1 aromatic heterocycles. The number of aromatic nitrogens is 1. The first-order valence-electron chi connectivity index (χ1n) is 5.28. The summed E-state index contributed by atoms with van der Waals surface area (Å²) < 4.78 is 0. The fraction of sp³-hybridized carbons (Fsp3) is 0.455. The molecule has 0 bridgehead atoms. The predicted octanol–water partition coefficient (Wildman–Crippen LogP) is -0.0121. The van der Waals surface area contributed by atoms with E-state index in [0.717, 1.165) is 5.69 Å². The van der Waals surface area contributed by atoms with Crippen LogP contribution in [-0.4, -0.2) is 34.7 Å². The summed E-state index contributed by atoms with van der Waals surface area (Å²) in [6.45, 7) is 2.01. The first-order chi connectivity index (χ1) is 7.70. The van der Waals surface area contributed by atoms with Gasteiger partial charge in [0.1, 0.15) is 0 Å². The SMILES string of the molecule is O=C(O)CC1(NCc2ccccn2)CNC1. The predicted molar refractivity (Wildman–Crippen MR) is 58.9 cm³/mol. The van der Waals surface area contributed by atoms with Crippen molar-refractivity contribution in [3.63, 3.8) is 0 Å². The van der Waals surface area contributed by atoms with E-state index < -0.39 is 5.97 Å². The average Bonchev–Trinajstić information content (AvgIpc) is 2.23. The van der Waals surface area contributed by atoms with E-state index in [1.807, 2.05) is 18.2 Å². The van der Waals surface area contributed by atoms with Crippen molar-refractivity contribution in [1.29, 1.82) is 0 Å². The largest absolute Gasteiger partial charge is 0.481 e. The summed E-state index contributed by atoms with van der Waals surface area (Å²) in [7, 11) is 0. The van der Waals surface area contributed by atoms with Crippen molar-refractivity contribution in [3.05, 3.63) is 30.1 Å². The molecule has 1 aliphatic heterocycles. The monoisotopic (exact) mass is 221 g/mol. The average molecular weight is 221 g/mol. The lowest BCUT2D eigenvalue weighted by Crippen LogP contribution is -2.68. The molecule has 1 aromatic rings. The quantitative estimate of drug-likeness (QED) is 0.652. The summed E-state index contributed by atoms with van der Waals surface area (Å²) in [6, 6.07) is 5.71. The molecular formula is C11H15N3O2. The van der Waals surface area contributed by atoms with Gasteiger partial charge in [-0.25, -0.2) is 0 Å². The van der Waals surface area contributed by atoms with Crippen LogP contribution in [0, 0.1) is 0 Å². The lowest BCUT2D eigenvalue weighted by atomic mass is 9.88. The number of carboxylic acid groups (broad SMARTS) is 1. The molecule has 0 saturated carbocycles. The highest BCUT2D eigenvalue weighted by Gasteiger charge is 2.38. The zero-order valence-corrected chi connectivity index (χ0v) is 8.94. The van der Waals surface area contributed by atoms with Crippen LogP contribution < -0.4 is 10.6 Å². The Kier molecular flexibility index (Phi) is 3.17. The van der Waals surface area contributed by atoms with Crippen LogP contribution >= 0.6 is 0 Å². The van der Waals surface area contributed by atoms with Gasteiger partial charge in [0.15, 0.2) is 0 Å². The molecule has 1 fully saturated rings. The normalized spacial score (nSPS) is 17.8. The van der Waals surface area contributed by atoms with Crippen LogP contribution in [0.3, 0.4) is 0 Å². The van der Waals surface area contributed by atoms with Gasteiger partial charge in [-0.15, -0.1) is 0 Å². The van der Waals surface area contributed by atoms with Crippen LogP contribution in [-0.2, 0) is 11.3 Å². The van der Waals surface area contributed by atoms with Crippen LogP contribution in [0.25, 0.3) is 0 Å². The zero-order chi connectivity index (χ0) is 11.4. The van der Waals surface area contributed by atoms with E-state index >= 15 is 0 Å². The van der Waals surface area contributed by atoms with Gasteiger partial charge in [0.25, 0.3) is 0 Å². The summed E-state index contributed by atoms with van der Waals surface area (Å²) in [6.07, 6.45) is 1.88. The van der Waals surface area contributed by atoms with Crippen molar-refractivity contribution in [3.8, 4) is 0 Å². The molecule has 5 nitrogen and oxygen atoms in total. The second-order valence-electron chi connectivity index (χ2n) is 4.13. The Balaban J connectivity index is 1.90. The van der Waals surface area contributed by atoms with Crippen LogP contribution in [0.2, 0.25) is 0 Å². The second kappa shape index (κ2) is 4.59. The number of carboxylic acids is 1. The number of hydrogen-bond donors (Lipinski definition) is 3. The molecule has 0 radical (unpaired) electrons. The Hall–Kier alpha value is -1.46. The molecular weight excluding hydrogens is 206 g/mol. The molecule has 0 atom stereocenters. The van der Waals surface area contributed by atoms with Gasteiger partial charge in [-0.2, -0.15) is 0 Å². The minimum Gasteiger partial charge on any atom is -0.481 e. The van der Waals surface area contributed by atoms with E-state index in [1.54, 1.807) is 6.20 Å². The highest BCUT2D eigenvalue weighted by molar-refractivity contribution is 5.68. The minimum absolute atomic E-state index is 0.146. The van der Waals surface area contributed by atoms with E-state index in [0.29, 0.717) is 19.6 Å². The first kappa shape index (κ1) is 11.0. The lowest BCUT2D eigenvalue weighted by molar-refractivity contribution is -0.139. The molecule has 2 heterocycles. The van der Waals surface area contributed by atoms with Crippen molar-refractivity contribution >= 4 is 5.97 Å². The third-order valence-electron chi connectivity index (χ3n) is 2.79. The van der Waals surface area contributed by atoms with Gasteiger partial charge in [0, 0.05) is 25.8 Å². The molecule has 2 rings (SSSR count). The van der Waals surface area contributed by atoms with Crippen molar-refractivity contribution in [2.75, 3.05) is 13.1 Å². The van der Waals surface area contributed by atoms with Gasteiger partial charge in [-0.05, 0) is 12.1 Å². The maximum atomic E-state index is 10.7. The molecule has 1 aliphatic rings. The summed E-state index contributed by atoms with van der Waals surface area (Å²) in [4.78, 5) is 14.9. The van der Waals surface area contributed by atoms with E-state index in [-0.39, 0.29) is 12.0 Å². The summed E-state index contributed by atoms with van der Waals surface area (Å²) >= 11 is 0. The van der Waals surface area contributed by atoms with E-state index in [1.165, 1.54) is 0 Å². The Morgan fingerprint density at radius 3 is 2.88 bits per heavy atom. The summed E-state index contributed by atoms with van der Waals surface area (Å²) in [5, 5.41) is 15.2. The van der Waals surface area contributed by atoms with Crippen molar-refractivity contribution in [2.45, 2.75) is 18.5 Å².